The van der Waals surface area contributed by atoms with E-state index in [4.69, 9.17) is 4.74 Å². The molecule has 0 saturated carbocycles. The molecule has 0 spiro atoms. The Morgan fingerprint density at radius 1 is 1.54 bits per heavy atom. The van der Waals surface area contributed by atoms with Gasteiger partial charge in [-0.3, -0.25) is 4.79 Å². The van der Waals surface area contributed by atoms with E-state index in [-0.39, 0.29) is 5.92 Å². The third-order valence-corrected chi connectivity index (χ3v) is 1.88. The number of carbonyl (C=O) groups is 1. The molecule has 0 heterocycles. The molecule has 2 atom stereocenters. The predicted octanol–water partition coefficient (Wildman–Crippen LogP) is 0.154. The molecule has 4 nitrogen and oxygen atoms in total. The fraction of sp³-hybridized carbons (Fsp3) is 0.889. The third kappa shape index (κ3) is 3.74. The normalized spacial score (nSPS) is 15.5. The number of aliphatic hydroxyl groups excluding tert-OH is 1. The van der Waals surface area contributed by atoms with Gasteiger partial charge in [0, 0.05) is 0 Å². The van der Waals surface area contributed by atoms with Crippen LogP contribution >= 0.6 is 0 Å². The molecule has 0 saturated heterocycles. The molecule has 0 bridgehead atoms. The summed E-state index contributed by atoms with van der Waals surface area (Å²) in [5, 5.41) is 12.4. The number of hydrogen-bond acceptors (Lipinski definition) is 4. The Morgan fingerprint density at radius 3 is 2.38 bits per heavy atom. The van der Waals surface area contributed by atoms with E-state index in [2.05, 4.69) is 5.32 Å². The maximum Gasteiger partial charge on any atom is 0.325 e. The van der Waals surface area contributed by atoms with Gasteiger partial charge in [0.25, 0.3) is 0 Å². The van der Waals surface area contributed by atoms with Gasteiger partial charge in [0.2, 0.25) is 0 Å². The summed E-state index contributed by atoms with van der Waals surface area (Å²) in [6.45, 7) is 5.79. The van der Waals surface area contributed by atoms with Crippen LogP contribution in [0.3, 0.4) is 0 Å². The quantitative estimate of drug-likeness (QED) is 0.605. The summed E-state index contributed by atoms with van der Waals surface area (Å²) in [5.41, 5.74) is 0. The lowest BCUT2D eigenvalue weighted by Gasteiger charge is -2.23. The Morgan fingerprint density at radius 2 is 2.08 bits per heavy atom. The predicted molar refractivity (Wildman–Crippen MR) is 50.3 cm³/mol. The molecule has 0 aromatic carbocycles. The molecule has 0 aliphatic rings. The van der Waals surface area contributed by atoms with Gasteiger partial charge >= 0.3 is 5.97 Å². The molecule has 4 heteroatoms. The van der Waals surface area contributed by atoms with E-state index >= 15 is 0 Å². The van der Waals surface area contributed by atoms with Gasteiger partial charge in [0.05, 0.1) is 12.7 Å². The van der Waals surface area contributed by atoms with Crippen molar-refractivity contribution in [1.82, 2.24) is 5.32 Å². The van der Waals surface area contributed by atoms with Gasteiger partial charge in [-0.25, -0.2) is 0 Å². The minimum atomic E-state index is -0.705. The van der Waals surface area contributed by atoms with E-state index in [0.29, 0.717) is 6.61 Å². The molecule has 0 radical (unpaired) electrons. The Hall–Kier alpha value is -0.610. The van der Waals surface area contributed by atoms with Crippen molar-refractivity contribution in [3.8, 4) is 0 Å². The Bertz CT molecular complexity index is 159. The minimum Gasteiger partial charge on any atom is -0.465 e. The third-order valence-electron chi connectivity index (χ3n) is 1.88. The Labute approximate surface area is 79.3 Å². The Balaban J connectivity index is 4.23. The second kappa shape index (κ2) is 5.94. The minimum absolute atomic E-state index is 0.0295. The average molecular weight is 189 g/mol. The zero-order valence-corrected chi connectivity index (χ0v) is 8.70. The molecule has 0 aromatic rings. The molecular weight excluding hydrogens is 170 g/mol. The van der Waals surface area contributed by atoms with Crippen LogP contribution in [0.1, 0.15) is 20.8 Å². The molecule has 0 fully saturated rings. The lowest BCUT2D eigenvalue weighted by molar-refractivity contribution is -0.149. The first-order valence-corrected chi connectivity index (χ1v) is 4.56. The number of esters is 1. The molecule has 0 rings (SSSR count). The summed E-state index contributed by atoms with van der Waals surface area (Å²) in [6, 6.07) is -0.625. The van der Waals surface area contributed by atoms with E-state index < -0.39 is 18.1 Å². The van der Waals surface area contributed by atoms with Crippen LogP contribution in [-0.4, -0.2) is 36.9 Å². The zero-order valence-electron chi connectivity index (χ0n) is 8.70. The van der Waals surface area contributed by atoms with Gasteiger partial charge in [-0.1, -0.05) is 13.8 Å². The first kappa shape index (κ1) is 12.4. The standard InChI is InChI=1S/C9H19NO3/c1-5-13-9(12)7(10-4)8(11)6(2)3/h6-8,10-11H,5H2,1-4H3/t7-,8-/m1/s1. The maximum atomic E-state index is 11.3. The highest BCUT2D eigenvalue weighted by Crippen LogP contribution is 2.07. The van der Waals surface area contributed by atoms with E-state index in [1.807, 2.05) is 13.8 Å². The highest BCUT2D eigenvalue weighted by molar-refractivity contribution is 5.76. The fourth-order valence-corrected chi connectivity index (χ4v) is 1.04. The van der Waals surface area contributed by atoms with Crippen molar-refractivity contribution in [2.75, 3.05) is 13.7 Å². The number of nitrogens with one attached hydrogen (secondary N) is 1. The van der Waals surface area contributed by atoms with Gasteiger partial charge in [-0.15, -0.1) is 0 Å². The van der Waals surface area contributed by atoms with Crippen LogP contribution in [0.5, 0.6) is 0 Å². The van der Waals surface area contributed by atoms with Crippen LogP contribution in [0.15, 0.2) is 0 Å². The van der Waals surface area contributed by atoms with Crippen LogP contribution in [0.4, 0.5) is 0 Å². The summed E-state index contributed by atoms with van der Waals surface area (Å²) in [7, 11) is 1.63. The second-order valence-electron chi connectivity index (χ2n) is 3.25. The zero-order chi connectivity index (χ0) is 10.4. The lowest BCUT2D eigenvalue weighted by Crippen LogP contribution is -2.47. The van der Waals surface area contributed by atoms with Crippen molar-refractivity contribution in [3.05, 3.63) is 0 Å². The summed E-state index contributed by atoms with van der Waals surface area (Å²) < 4.78 is 4.80. The van der Waals surface area contributed by atoms with Crippen molar-refractivity contribution in [2.45, 2.75) is 32.9 Å². The van der Waals surface area contributed by atoms with Crippen LogP contribution in [0.2, 0.25) is 0 Å². The molecule has 0 aliphatic heterocycles. The van der Waals surface area contributed by atoms with Crippen molar-refractivity contribution >= 4 is 5.97 Å². The first-order chi connectivity index (χ1) is 6.04. The summed E-state index contributed by atoms with van der Waals surface area (Å²) >= 11 is 0. The maximum absolute atomic E-state index is 11.3. The molecule has 0 amide bonds. The number of hydrogen-bond donors (Lipinski definition) is 2. The molecule has 0 unspecified atom stereocenters. The van der Waals surface area contributed by atoms with Crippen molar-refractivity contribution in [1.29, 1.82) is 0 Å². The highest BCUT2D eigenvalue weighted by Gasteiger charge is 2.28. The van der Waals surface area contributed by atoms with Gasteiger partial charge in [-0.2, -0.15) is 0 Å². The summed E-state index contributed by atoms with van der Waals surface area (Å²) in [4.78, 5) is 11.3. The average Bonchev–Trinajstić information content (AvgIpc) is 2.05. The van der Waals surface area contributed by atoms with E-state index in [1.165, 1.54) is 0 Å². The molecule has 0 aliphatic carbocycles. The fourth-order valence-electron chi connectivity index (χ4n) is 1.04. The van der Waals surface area contributed by atoms with Crippen LogP contribution < -0.4 is 5.32 Å². The van der Waals surface area contributed by atoms with Crippen molar-refractivity contribution < 1.29 is 14.6 Å². The summed E-state index contributed by atoms with van der Waals surface area (Å²) in [5.74, 6) is -0.368. The Kier molecular flexibility index (Phi) is 5.66. The topological polar surface area (TPSA) is 58.6 Å². The molecular formula is C9H19NO3. The number of ether oxygens (including phenoxy) is 1. The number of carbonyl (C=O) groups excluding carboxylic acids is 1. The summed E-state index contributed by atoms with van der Waals surface area (Å²) in [6.07, 6.45) is -0.705. The number of rotatable bonds is 5. The monoisotopic (exact) mass is 189 g/mol. The highest BCUT2D eigenvalue weighted by atomic mass is 16.5. The van der Waals surface area contributed by atoms with E-state index in [1.54, 1.807) is 14.0 Å². The number of likely N-dealkylation sites (N-methyl/N-ethyl adjacent to an activating group) is 1. The van der Waals surface area contributed by atoms with Gasteiger partial charge in [-0.05, 0) is 19.9 Å². The molecule has 78 valence electrons. The van der Waals surface area contributed by atoms with E-state index in [9.17, 15) is 9.90 Å². The first-order valence-electron chi connectivity index (χ1n) is 4.56. The van der Waals surface area contributed by atoms with Gasteiger partial charge < -0.3 is 15.2 Å². The van der Waals surface area contributed by atoms with Crippen LogP contribution in [-0.2, 0) is 9.53 Å². The largest absolute Gasteiger partial charge is 0.465 e. The van der Waals surface area contributed by atoms with Gasteiger partial charge in [0.1, 0.15) is 6.04 Å². The van der Waals surface area contributed by atoms with Crippen molar-refractivity contribution in [2.24, 2.45) is 5.92 Å². The van der Waals surface area contributed by atoms with Crippen molar-refractivity contribution in [3.63, 3.8) is 0 Å². The van der Waals surface area contributed by atoms with Crippen LogP contribution in [0, 0.1) is 5.92 Å². The van der Waals surface area contributed by atoms with Crippen LogP contribution in [0.25, 0.3) is 0 Å². The van der Waals surface area contributed by atoms with Gasteiger partial charge in [0.15, 0.2) is 0 Å². The number of aliphatic hydroxyl groups is 1. The molecule has 0 aromatic heterocycles. The smallest absolute Gasteiger partial charge is 0.325 e. The second-order valence-corrected chi connectivity index (χ2v) is 3.25. The molecule has 2 N–H and O–H groups in total. The SMILES string of the molecule is CCOC(=O)[C@H](NC)[C@H](O)C(C)C. The lowest BCUT2D eigenvalue weighted by atomic mass is 10.00. The molecule has 13 heavy (non-hydrogen) atoms. The van der Waals surface area contributed by atoms with E-state index in [0.717, 1.165) is 0 Å².